The number of carbonyl (C=O) groups excluding carboxylic acids is 7. The van der Waals surface area contributed by atoms with Gasteiger partial charge in [0.05, 0.1) is 13.7 Å². The first kappa shape index (κ1) is 53.5. The standard InChI is InChI=1S/C53H64N6O13/c1-30-45(61)57-41(48(64)68-9)27-31-18-20-42(60)37(26-31)38-28-32(19-21-43(38)69-25-24-55-50(66)72-53(5,6)7)44(46(62)56-30)59(8)47(63)40(22-23-54-49(65)71-52(2,3)4)58-51(67)70-29-39-35-16-12-10-14-33(35)34-15-11-13-17-36(34)39/h10-21,26,28,30,39-41,44,60H,22-25,27,29H2,1-9H3,(H,54,65)(H,55,66)(H,56,62)(H,57,61)(H,58,67)/t30-,40-,41-,44-/m0/s1. The Labute approximate surface area is 418 Å². The summed E-state index contributed by atoms with van der Waals surface area (Å²) >= 11 is 0. The summed E-state index contributed by atoms with van der Waals surface area (Å²) in [6.45, 7) is 11.4. The van der Waals surface area contributed by atoms with Crippen LogP contribution in [0.1, 0.15) is 89.1 Å². The van der Waals surface area contributed by atoms with Crippen LogP contribution in [0.2, 0.25) is 0 Å². The van der Waals surface area contributed by atoms with Crippen molar-refractivity contribution >= 4 is 42.0 Å². The van der Waals surface area contributed by atoms with Gasteiger partial charge in [0.25, 0.3) is 0 Å². The van der Waals surface area contributed by atoms with Gasteiger partial charge in [-0.3, -0.25) is 14.4 Å². The summed E-state index contributed by atoms with van der Waals surface area (Å²) < 4.78 is 27.7. The van der Waals surface area contributed by atoms with Crippen LogP contribution in [-0.2, 0) is 44.5 Å². The Hall–Kier alpha value is -7.83. The van der Waals surface area contributed by atoms with E-state index in [2.05, 4.69) is 26.6 Å². The SMILES string of the molecule is COC(=O)[C@@H]1Cc2ccc(O)c(c2)-c2cc(ccc2OCCNC(=O)OC(C)(C)C)[C@H](N(C)C(=O)[C@H](CCNC(=O)OC(C)(C)C)NC(=O)OCC2c3ccccc3-c3ccccc32)C(=O)N[C@@H](C)C(=O)N1. The predicted molar refractivity (Wildman–Crippen MR) is 265 cm³/mol. The van der Waals surface area contributed by atoms with Crippen molar-refractivity contribution in [2.24, 2.45) is 0 Å². The monoisotopic (exact) mass is 992 g/mol. The van der Waals surface area contributed by atoms with Crippen LogP contribution in [0.5, 0.6) is 11.5 Å². The molecule has 0 aromatic heterocycles. The van der Waals surface area contributed by atoms with Gasteiger partial charge in [-0.05, 0) is 113 Å². The van der Waals surface area contributed by atoms with Crippen LogP contribution in [0.3, 0.4) is 0 Å². The molecule has 384 valence electrons. The molecular formula is C53H64N6O13. The van der Waals surface area contributed by atoms with Crippen molar-refractivity contribution in [1.29, 1.82) is 0 Å². The lowest BCUT2D eigenvalue weighted by atomic mass is 9.93. The number of hydrogen-bond donors (Lipinski definition) is 6. The molecule has 19 nitrogen and oxygen atoms in total. The Morgan fingerprint density at radius 1 is 0.750 bits per heavy atom. The molecule has 4 bridgehead atoms. The molecule has 6 rings (SSSR count). The molecule has 0 saturated carbocycles. The number of nitrogens with one attached hydrogen (secondary N) is 5. The molecule has 4 aromatic rings. The smallest absolute Gasteiger partial charge is 0.407 e. The third-order valence-corrected chi connectivity index (χ3v) is 11.7. The van der Waals surface area contributed by atoms with E-state index in [0.717, 1.165) is 27.2 Å². The molecule has 6 amide bonds. The molecule has 0 unspecified atom stereocenters. The van der Waals surface area contributed by atoms with E-state index in [1.807, 2.05) is 48.5 Å². The molecule has 1 aliphatic carbocycles. The molecule has 2 aliphatic rings. The molecule has 4 atom stereocenters. The number of methoxy groups -OCH3 is 1. The maximum absolute atomic E-state index is 15.0. The van der Waals surface area contributed by atoms with E-state index >= 15 is 0 Å². The lowest BCUT2D eigenvalue weighted by Crippen LogP contribution is -2.55. The number of benzene rings is 4. The van der Waals surface area contributed by atoms with E-state index in [0.29, 0.717) is 5.56 Å². The second-order valence-electron chi connectivity index (χ2n) is 19.5. The highest BCUT2D eigenvalue weighted by Gasteiger charge is 2.37. The van der Waals surface area contributed by atoms with Gasteiger partial charge in [-0.15, -0.1) is 0 Å². The van der Waals surface area contributed by atoms with Crippen LogP contribution in [-0.4, -0.2) is 122 Å². The van der Waals surface area contributed by atoms with Crippen LogP contribution < -0.4 is 31.3 Å². The van der Waals surface area contributed by atoms with E-state index in [-0.39, 0.29) is 73.3 Å². The molecule has 0 spiro atoms. The largest absolute Gasteiger partial charge is 0.507 e. The quantitative estimate of drug-likeness (QED) is 0.0512. The van der Waals surface area contributed by atoms with Gasteiger partial charge in [-0.2, -0.15) is 0 Å². The number of aromatic hydroxyl groups is 1. The van der Waals surface area contributed by atoms with Crippen LogP contribution in [0.25, 0.3) is 22.3 Å². The van der Waals surface area contributed by atoms with E-state index in [4.69, 9.17) is 23.7 Å². The van der Waals surface area contributed by atoms with Crippen molar-refractivity contribution in [2.75, 3.05) is 40.5 Å². The Morgan fingerprint density at radius 2 is 1.36 bits per heavy atom. The third-order valence-electron chi connectivity index (χ3n) is 11.7. The number of ether oxygens (including phenoxy) is 5. The van der Waals surface area contributed by atoms with Crippen molar-refractivity contribution in [3.63, 3.8) is 0 Å². The molecule has 1 heterocycles. The summed E-state index contributed by atoms with van der Waals surface area (Å²) in [4.78, 5) is 96.5. The zero-order valence-electron chi connectivity index (χ0n) is 42.0. The van der Waals surface area contributed by atoms with Crippen LogP contribution in [0, 0.1) is 0 Å². The zero-order valence-corrected chi connectivity index (χ0v) is 42.0. The summed E-state index contributed by atoms with van der Waals surface area (Å²) in [7, 11) is 2.51. The maximum atomic E-state index is 15.0. The van der Waals surface area contributed by atoms with Crippen LogP contribution >= 0.6 is 0 Å². The van der Waals surface area contributed by atoms with Crippen LogP contribution in [0.4, 0.5) is 14.4 Å². The number of esters is 1. The summed E-state index contributed by atoms with van der Waals surface area (Å²) in [5.74, 6) is -3.47. The number of nitrogens with zero attached hydrogens (tertiary/aromatic N) is 1. The van der Waals surface area contributed by atoms with Gasteiger partial charge in [-0.1, -0.05) is 60.7 Å². The first-order valence-corrected chi connectivity index (χ1v) is 23.6. The zero-order chi connectivity index (χ0) is 52.5. The van der Waals surface area contributed by atoms with Gasteiger partial charge in [0.2, 0.25) is 17.7 Å². The van der Waals surface area contributed by atoms with Gasteiger partial charge in [0.15, 0.2) is 0 Å². The molecule has 1 aliphatic heterocycles. The number of alkyl carbamates (subject to hydrolysis) is 3. The number of phenolic OH excluding ortho intramolecular Hbond substituents is 1. The first-order valence-electron chi connectivity index (χ1n) is 23.6. The molecule has 4 aromatic carbocycles. The molecule has 0 saturated heterocycles. The summed E-state index contributed by atoms with van der Waals surface area (Å²) in [5, 5.41) is 24.6. The van der Waals surface area contributed by atoms with E-state index < -0.39 is 77.3 Å². The van der Waals surface area contributed by atoms with Crippen molar-refractivity contribution in [1.82, 2.24) is 31.5 Å². The number of likely N-dealkylation sites (N-methyl/N-ethyl adjacent to an activating group) is 1. The highest BCUT2D eigenvalue weighted by atomic mass is 16.6. The highest BCUT2D eigenvalue weighted by Crippen LogP contribution is 2.45. The highest BCUT2D eigenvalue weighted by molar-refractivity contribution is 5.96. The molecule has 6 N–H and O–H groups in total. The summed E-state index contributed by atoms with van der Waals surface area (Å²) in [6, 6.07) is 19.3. The predicted octanol–water partition coefficient (Wildman–Crippen LogP) is 6.00. The Morgan fingerprint density at radius 3 is 1.97 bits per heavy atom. The topological polar surface area (TPSA) is 249 Å². The lowest BCUT2D eigenvalue weighted by molar-refractivity contribution is -0.145. The van der Waals surface area contributed by atoms with Gasteiger partial charge < -0.3 is 60.3 Å². The third kappa shape index (κ3) is 13.7. The average Bonchev–Trinajstić information content (AvgIpc) is 3.63. The van der Waals surface area contributed by atoms with Crippen molar-refractivity contribution in [3.05, 3.63) is 107 Å². The fourth-order valence-corrected chi connectivity index (χ4v) is 8.43. The van der Waals surface area contributed by atoms with E-state index in [1.54, 1.807) is 53.7 Å². The first-order chi connectivity index (χ1) is 34.0. The Bertz CT molecular complexity index is 2630. The normalized spacial score (nSPS) is 17.0. The van der Waals surface area contributed by atoms with Crippen LogP contribution in [0.15, 0.2) is 84.9 Å². The number of amides is 6. The number of rotatable bonds is 13. The minimum absolute atomic E-state index is 0.0175. The van der Waals surface area contributed by atoms with Crippen molar-refractivity contribution in [2.45, 2.75) is 103 Å². The van der Waals surface area contributed by atoms with Gasteiger partial charge in [0, 0.05) is 37.1 Å². The molecule has 0 radical (unpaired) electrons. The number of fused-ring (bicyclic) bond motifs is 8. The number of hydrogen-bond acceptors (Lipinski definition) is 13. The maximum Gasteiger partial charge on any atom is 0.407 e. The van der Waals surface area contributed by atoms with Crippen molar-refractivity contribution in [3.8, 4) is 33.8 Å². The molecule has 0 fully saturated rings. The summed E-state index contributed by atoms with van der Waals surface area (Å²) in [6.07, 6.45) is -2.63. The minimum Gasteiger partial charge on any atom is -0.507 e. The summed E-state index contributed by atoms with van der Waals surface area (Å²) in [5.41, 5.74) is 3.53. The Kier molecular flexibility index (Phi) is 17.1. The second kappa shape index (κ2) is 22.9. The fraction of sp³-hybridized carbons (Fsp3) is 0.415. The molecular weight excluding hydrogens is 929 g/mol. The van der Waals surface area contributed by atoms with Gasteiger partial charge in [-0.25, -0.2) is 19.2 Å². The number of carbonyl (C=O) groups is 7. The fourth-order valence-electron chi connectivity index (χ4n) is 8.43. The van der Waals surface area contributed by atoms with Gasteiger partial charge in [0.1, 0.15) is 60.1 Å². The minimum atomic E-state index is -1.54. The lowest BCUT2D eigenvalue weighted by Gasteiger charge is -2.32. The van der Waals surface area contributed by atoms with Gasteiger partial charge >= 0.3 is 24.2 Å². The van der Waals surface area contributed by atoms with E-state index in [1.165, 1.54) is 45.3 Å². The van der Waals surface area contributed by atoms with E-state index in [9.17, 15) is 38.7 Å². The van der Waals surface area contributed by atoms with Crippen molar-refractivity contribution < 1.29 is 62.4 Å². The second-order valence-corrected chi connectivity index (χ2v) is 19.5. The molecule has 72 heavy (non-hydrogen) atoms. The average molecular weight is 993 g/mol. The number of phenols is 1. The molecule has 19 heteroatoms. The Balaban J connectivity index is 1.35.